The monoisotopic (exact) mass is 270 g/mol. The fraction of sp³-hybridized carbons (Fsp3) is 0.769. The van der Waals surface area contributed by atoms with E-state index in [-0.39, 0.29) is 24.7 Å². The molecule has 0 bridgehead atoms. The highest BCUT2D eigenvalue weighted by molar-refractivity contribution is 5.79. The smallest absolute Gasteiger partial charge is 0.303 e. The van der Waals surface area contributed by atoms with Gasteiger partial charge in [0, 0.05) is 38.9 Å². The highest BCUT2D eigenvalue weighted by Gasteiger charge is 2.15. The maximum Gasteiger partial charge on any atom is 0.303 e. The van der Waals surface area contributed by atoms with E-state index < -0.39 is 5.97 Å². The number of piperidine rings is 1. The van der Waals surface area contributed by atoms with Gasteiger partial charge in [0.2, 0.25) is 11.8 Å². The highest BCUT2D eigenvalue weighted by atomic mass is 16.4. The lowest BCUT2D eigenvalue weighted by atomic mass is 10.1. The van der Waals surface area contributed by atoms with E-state index in [4.69, 9.17) is 5.11 Å². The van der Waals surface area contributed by atoms with Crippen LogP contribution in [0.15, 0.2) is 0 Å². The van der Waals surface area contributed by atoms with E-state index in [9.17, 15) is 14.4 Å². The first-order chi connectivity index (χ1) is 9.09. The van der Waals surface area contributed by atoms with Gasteiger partial charge in [-0.25, -0.2) is 0 Å². The van der Waals surface area contributed by atoms with E-state index in [1.165, 1.54) is 6.42 Å². The van der Waals surface area contributed by atoms with Gasteiger partial charge in [0.15, 0.2) is 0 Å². The van der Waals surface area contributed by atoms with Gasteiger partial charge in [-0.2, -0.15) is 0 Å². The Kier molecular flexibility index (Phi) is 6.92. The van der Waals surface area contributed by atoms with Crippen molar-refractivity contribution in [2.75, 3.05) is 19.6 Å². The van der Waals surface area contributed by atoms with Crippen molar-refractivity contribution in [1.82, 2.24) is 10.2 Å². The molecule has 0 radical (unpaired) electrons. The third-order valence-corrected chi connectivity index (χ3v) is 3.16. The van der Waals surface area contributed by atoms with E-state index in [0.29, 0.717) is 19.4 Å². The maximum absolute atomic E-state index is 11.8. The third kappa shape index (κ3) is 6.79. The van der Waals surface area contributed by atoms with E-state index in [1.54, 1.807) is 0 Å². The van der Waals surface area contributed by atoms with Crippen LogP contribution in [0.1, 0.15) is 44.9 Å². The van der Waals surface area contributed by atoms with Gasteiger partial charge < -0.3 is 15.3 Å². The van der Waals surface area contributed by atoms with Crippen LogP contribution in [0.4, 0.5) is 0 Å². The molecule has 6 nitrogen and oxygen atoms in total. The quantitative estimate of drug-likeness (QED) is 0.715. The molecule has 1 heterocycles. The molecule has 2 amide bonds. The van der Waals surface area contributed by atoms with Crippen LogP contribution < -0.4 is 5.32 Å². The number of nitrogens with zero attached hydrogens (tertiary/aromatic N) is 1. The van der Waals surface area contributed by atoms with Crippen LogP contribution in [-0.4, -0.2) is 47.4 Å². The lowest BCUT2D eigenvalue weighted by molar-refractivity contribution is -0.137. The van der Waals surface area contributed by atoms with Crippen molar-refractivity contribution >= 4 is 17.8 Å². The summed E-state index contributed by atoms with van der Waals surface area (Å²) in [7, 11) is 0. The summed E-state index contributed by atoms with van der Waals surface area (Å²) in [6.45, 7) is 1.98. The summed E-state index contributed by atoms with van der Waals surface area (Å²) in [5.74, 6) is -0.994. The number of carbonyl (C=O) groups is 3. The highest BCUT2D eigenvalue weighted by Crippen LogP contribution is 2.09. The number of hydrogen-bond donors (Lipinski definition) is 2. The molecule has 1 saturated heterocycles. The van der Waals surface area contributed by atoms with Crippen LogP contribution in [0.3, 0.4) is 0 Å². The zero-order valence-electron chi connectivity index (χ0n) is 11.2. The summed E-state index contributed by atoms with van der Waals surface area (Å²) in [5.41, 5.74) is 0. The molecule has 0 spiro atoms. The van der Waals surface area contributed by atoms with Crippen molar-refractivity contribution in [2.45, 2.75) is 44.9 Å². The number of carbonyl (C=O) groups excluding carboxylic acids is 2. The third-order valence-electron chi connectivity index (χ3n) is 3.16. The largest absolute Gasteiger partial charge is 0.481 e. The predicted octanol–water partition coefficient (Wildman–Crippen LogP) is 0.760. The van der Waals surface area contributed by atoms with Crippen LogP contribution >= 0.6 is 0 Å². The van der Waals surface area contributed by atoms with Crippen molar-refractivity contribution in [3.63, 3.8) is 0 Å². The molecule has 0 atom stereocenters. The van der Waals surface area contributed by atoms with E-state index in [1.807, 2.05) is 4.90 Å². The Morgan fingerprint density at radius 2 is 1.68 bits per heavy atom. The number of carboxylic acid groups (broad SMARTS) is 1. The standard InChI is InChI=1S/C13H22N2O4/c16-11(5-4-6-13(18)19)14-8-7-12(17)15-9-2-1-3-10-15/h1-10H2,(H,14,16)(H,18,19). The number of carboxylic acids is 1. The Morgan fingerprint density at radius 1 is 1.00 bits per heavy atom. The Morgan fingerprint density at radius 3 is 2.32 bits per heavy atom. The molecule has 19 heavy (non-hydrogen) atoms. The number of hydrogen-bond acceptors (Lipinski definition) is 3. The minimum absolute atomic E-state index is 0.000127. The molecule has 1 rings (SSSR count). The number of likely N-dealkylation sites (tertiary alicyclic amines) is 1. The normalized spacial score (nSPS) is 15.1. The molecule has 1 aliphatic rings. The van der Waals surface area contributed by atoms with Gasteiger partial charge in [-0.05, 0) is 25.7 Å². The topological polar surface area (TPSA) is 86.7 Å². The second-order valence-corrected chi connectivity index (χ2v) is 4.79. The average molecular weight is 270 g/mol. The molecule has 108 valence electrons. The molecular weight excluding hydrogens is 248 g/mol. The van der Waals surface area contributed by atoms with E-state index in [0.717, 1.165) is 25.9 Å². The molecule has 0 aromatic heterocycles. The zero-order chi connectivity index (χ0) is 14.1. The SMILES string of the molecule is O=C(O)CCCC(=O)NCCC(=O)N1CCCCC1. The number of amides is 2. The molecule has 1 fully saturated rings. The van der Waals surface area contributed by atoms with Gasteiger partial charge in [0.05, 0.1) is 0 Å². The Labute approximate surface area is 113 Å². The van der Waals surface area contributed by atoms with E-state index >= 15 is 0 Å². The molecule has 0 aromatic carbocycles. The summed E-state index contributed by atoms with van der Waals surface area (Å²) >= 11 is 0. The molecule has 0 unspecified atom stereocenters. The Bertz CT molecular complexity index is 325. The van der Waals surface area contributed by atoms with Crippen molar-refractivity contribution in [3.05, 3.63) is 0 Å². The summed E-state index contributed by atoms with van der Waals surface area (Å²) in [6.07, 6.45) is 4.17. The fourth-order valence-corrected chi connectivity index (χ4v) is 2.10. The fourth-order valence-electron chi connectivity index (χ4n) is 2.10. The summed E-state index contributed by atoms with van der Waals surface area (Å²) in [5, 5.41) is 11.1. The Hall–Kier alpha value is -1.59. The van der Waals surface area contributed by atoms with Gasteiger partial charge in [-0.15, -0.1) is 0 Å². The minimum Gasteiger partial charge on any atom is -0.481 e. The molecule has 0 aromatic rings. The molecule has 1 aliphatic heterocycles. The molecule has 0 saturated carbocycles. The Balaban J connectivity index is 2.06. The van der Waals surface area contributed by atoms with Crippen LogP contribution in [0, 0.1) is 0 Å². The first-order valence-electron chi connectivity index (χ1n) is 6.86. The number of nitrogens with one attached hydrogen (secondary N) is 1. The number of aliphatic carboxylic acids is 1. The molecular formula is C13H22N2O4. The lowest BCUT2D eigenvalue weighted by Crippen LogP contribution is -2.37. The second-order valence-electron chi connectivity index (χ2n) is 4.79. The maximum atomic E-state index is 11.8. The van der Waals surface area contributed by atoms with Crippen molar-refractivity contribution in [2.24, 2.45) is 0 Å². The zero-order valence-corrected chi connectivity index (χ0v) is 11.2. The summed E-state index contributed by atoms with van der Waals surface area (Å²) in [4.78, 5) is 35.3. The van der Waals surface area contributed by atoms with Crippen LogP contribution in [0.25, 0.3) is 0 Å². The first kappa shape index (κ1) is 15.5. The summed E-state index contributed by atoms with van der Waals surface area (Å²) < 4.78 is 0. The summed E-state index contributed by atoms with van der Waals surface area (Å²) in [6, 6.07) is 0. The van der Waals surface area contributed by atoms with Crippen LogP contribution in [0.5, 0.6) is 0 Å². The molecule has 2 N–H and O–H groups in total. The molecule has 6 heteroatoms. The first-order valence-corrected chi connectivity index (χ1v) is 6.86. The van der Waals surface area contributed by atoms with Gasteiger partial charge in [-0.1, -0.05) is 0 Å². The van der Waals surface area contributed by atoms with Gasteiger partial charge in [-0.3, -0.25) is 14.4 Å². The van der Waals surface area contributed by atoms with Crippen LogP contribution in [-0.2, 0) is 14.4 Å². The van der Waals surface area contributed by atoms with Crippen LogP contribution in [0.2, 0.25) is 0 Å². The number of rotatable bonds is 7. The van der Waals surface area contributed by atoms with Gasteiger partial charge in [0.25, 0.3) is 0 Å². The van der Waals surface area contributed by atoms with Gasteiger partial charge in [0.1, 0.15) is 0 Å². The van der Waals surface area contributed by atoms with Crippen molar-refractivity contribution in [1.29, 1.82) is 0 Å². The lowest BCUT2D eigenvalue weighted by Gasteiger charge is -2.26. The predicted molar refractivity (Wildman–Crippen MR) is 69.5 cm³/mol. The second kappa shape index (κ2) is 8.50. The van der Waals surface area contributed by atoms with Gasteiger partial charge >= 0.3 is 5.97 Å². The minimum atomic E-state index is -0.895. The average Bonchev–Trinajstić information content (AvgIpc) is 2.39. The molecule has 0 aliphatic carbocycles. The van der Waals surface area contributed by atoms with Crippen molar-refractivity contribution < 1.29 is 19.5 Å². The van der Waals surface area contributed by atoms with Crippen molar-refractivity contribution in [3.8, 4) is 0 Å². The van der Waals surface area contributed by atoms with E-state index in [2.05, 4.69) is 5.32 Å².